The highest BCUT2D eigenvalue weighted by Crippen LogP contribution is 2.68. The monoisotopic (exact) mass is 544 g/mol. The summed E-state index contributed by atoms with van der Waals surface area (Å²) in [5.41, 5.74) is -1.26. The number of hydrogen-bond acceptors (Lipinski definition) is 7. The van der Waals surface area contributed by atoms with Crippen molar-refractivity contribution in [3.63, 3.8) is 0 Å². The third kappa shape index (κ3) is 3.30. The van der Waals surface area contributed by atoms with Crippen molar-refractivity contribution in [1.29, 1.82) is 0 Å². The molecule has 0 radical (unpaired) electrons. The zero-order chi connectivity index (χ0) is 29.0. The summed E-state index contributed by atoms with van der Waals surface area (Å²) in [6, 6.07) is 0. The molecule has 4 atom stereocenters. The highest BCUT2D eigenvalue weighted by Gasteiger charge is 2.81. The van der Waals surface area contributed by atoms with E-state index in [2.05, 4.69) is 0 Å². The molecule has 0 aromatic heterocycles. The van der Waals surface area contributed by atoms with Crippen LogP contribution in [0.2, 0.25) is 0 Å². The molecule has 1 aromatic rings. The van der Waals surface area contributed by atoms with Crippen molar-refractivity contribution in [1.82, 2.24) is 0 Å². The summed E-state index contributed by atoms with van der Waals surface area (Å²) in [5, 5.41) is 11.5. The van der Waals surface area contributed by atoms with E-state index in [0.29, 0.717) is 40.9 Å². The Morgan fingerprint density at radius 1 is 1.07 bits per heavy atom. The average molecular weight is 545 g/mol. The number of carbonyl (C=O) groups excluding carboxylic acids is 3. The topological polar surface area (TPSA) is 99.1 Å². The molecule has 1 aromatic carbocycles. The number of fused-ring (bicyclic) bond motifs is 2. The van der Waals surface area contributed by atoms with Crippen molar-refractivity contribution >= 4 is 23.9 Å². The molecule has 6 aliphatic rings. The van der Waals surface area contributed by atoms with Crippen molar-refractivity contribution < 1.29 is 33.7 Å². The molecule has 1 saturated carbocycles. The smallest absolute Gasteiger partial charge is 0.200 e. The van der Waals surface area contributed by atoms with Gasteiger partial charge in [-0.05, 0) is 79.0 Å². The Bertz CT molecular complexity index is 1510. The van der Waals surface area contributed by atoms with Crippen molar-refractivity contribution in [2.45, 2.75) is 90.1 Å². The van der Waals surface area contributed by atoms with E-state index < -0.39 is 28.3 Å². The van der Waals surface area contributed by atoms with Gasteiger partial charge in [-0.3, -0.25) is 14.4 Å². The maximum absolute atomic E-state index is 14.5. The zero-order valence-electron chi connectivity index (χ0n) is 24.1. The molecule has 7 heteroatoms. The van der Waals surface area contributed by atoms with E-state index in [1.165, 1.54) is 0 Å². The third-order valence-corrected chi connectivity index (χ3v) is 9.23. The Kier molecular flexibility index (Phi) is 5.54. The van der Waals surface area contributed by atoms with Gasteiger partial charge in [-0.2, -0.15) is 0 Å². The van der Waals surface area contributed by atoms with E-state index in [4.69, 9.17) is 14.2 Å². The first-order valence-corrected chi connectivity index (χ1v) is 13.9. The average Bonchev–Trinajstić information content (AvgIpc) is 3.03. The Balaban J connectivity index is 1.67. The van der Waals surface area contributed by atoms with Gasteiger partial charge in [-0.25, -0.2) is 0 Å². The minimum Gasteiger partial charge on any atom is -0.506 e. The van der Waals surface area contributed by atoms with Crippen LogP contribution in [0.4, 0.5) is 0 Å². The fourth-order valence-electron chi connectivity index (χ4n) is 7.41. The van der Waals surface area contributed by atoms with Gasteiger partial charge in [0.25, 0.3) is 0 Å². The fourth-order valence-corrected chi connectivity index (χ4v) is 7.41. The number of allylic oxidation sites excluding steroid dienone is 4. The van der Waals surface area contributed by atoms with E-state index in [1.807, 2.05) is 53.7 Å². The first kappa shape index (κ1) is 26.8. The van der Waals surface area contributed by atoms with Crippen LogP contribution in [0, 0.1) is 11.8 Å². The number of carbonyl (C=O) groups is 3. The van der Waals surface area contributed by atoms with Gasteiger partial charge in [0.05, 0.1) is 11.2 Å². The van der Waals surface area contributed by atoms with E-state index in [1.54, 1.807) is 25.2 Å². The molecule has 0 amide bonds. The summed E-state index contributed by atoms with van der Waals surface area (Å²) >= 11 is 0. The van der Waals surface area contributed by atoms with Crippen molar-refractivity contribution in [3.05, 3.63) is 57.7 Å². The lowest BCUT2D eigenvalue weighted by Crippen LogP contribution is -2.72. The summed E-state index contributed by atoms with van der Waals surface area (Å²) in [5.74, 6) is -0.814. The van der Waals surface area contributed by atoms with Crippen LogP contribution in [0.1, 0.15) is 82.8 Å². The van der Waals surface area contributed by atoms with E-state index in [9.17, 15) is 19.5 Å². The van der Waals surface area contributed by atoms with Crippen molar-refractivity contribution in [3.8, 4) is 17.2 Å². The SMILES string of the molecule is CC(C)=CCc1c2c(c(O)c3c1O[C@@]14C(=C[C@H]5C[C@@H]1C(C)(C)O[C@]4(C/C=C(/C)C=O)C5=O)C3=O)C=CC(C)(C)O2. The maximum Gasteiger partial charge on any atom is 0.200 e. The highest BCUT2D eigenvalue weighted by molar-refractivity contribution is 6.19. The third-order valence-electron chi connectivity index (χ3n) is 9.23. The first-order valence-electron chi connectivity index (χ1n) is 13.9. The van der Waals surface area contributed by atoms with Gasteiger partial charge in [-0.1, -0.05) is 23.8 Å². The molecule has 2 fully saturated rings. The van der Waals surface area contributed by atoms with Gasteiger partial charge in [-0.15, -0.1) is 0 Å². The van der Waals surface area contributed by atoms with Gasteiger partial charge in [0.15, 0.2) is 22.8 Å². The van der Waals surface area contributed by atoms with Gasteiger partial charge < -0.3 is 19.3 Å². The van der Waals surface area contributed by atoms with Crippen LogP contribution in [0.15, 0.2) is 41.0 Å². The highest BCUT2D eigenvalue weighted by atomic mass is 16.6. The number of benzene rings is 1. The molecule has 0 unspecified atom stereocenters. The molecule has 210 valence electrons. The molecule has 1 spiro atoms. The molecule has 7 rings (SSSR count). The van der Waals surface area contributed by atoms with E-state index in [0.717, 1.165) is 11.9 Å². The van der Waals surface area contributed by atoms with Gasteiger partial charge in [0.1, 0.15) is 34.7 Å². The van der Waals surface area contributed by atoms with Crippen LogP contribution in [0.5, 0.6) is 17.2 Å². The summed E-state index contributed by atoms with van der Waals surface area (Å²) in [7, 11) is 0. The molecular weight excluding hydrogens is 508 g/mol. The predicted molar refractivity (Wildman–Crippen MR) is 150 cm³/mol. The molecule has 3 heterocycles. The van der Waals surface area contributed by atoms with E-state index in [-0.39, 0.29) is 41.0 Å². The Hall–Kier alpha value is -3.45. The Morgan fingerprint density at radius 3 is 2.48 bits per heavy atom. The van der Waals surface area contributed by atoms with Gasteiger partial charge in [0.2, 0.25) is 0 Å². The Morgan fingerprint density at radius 2 is 1.80 bits per heavy atom. The number of rotatable bonds is 5. The number of ketones is 2. The summed E-state index contributed by atoms with van der Waals surface area (Å²) in [6.07, 6.45) is 10.8. The largest absolute Gasteiger partial charge is 0.506 e. The molecule has 3 aliphatic heterocycles. The molecular formula is C33H36O7. The lowest BCUT2D eigenvalue weighted by Gasteiger charge is -2.56. The quantitative estimate of drug-likeness (QED) is 0.292. The fraction of sp³-hybridized carbons (Fsp3) is 0.485. The van der Waals surface area contributed by atoms with Crippen LogP contribution in [0.3, 0.4) is 0 Å². The second-order valence-electron chi connectivity index (χ2n) is 13.1. The first-order chi connectivity index (χ1) is 18.7. The standard InChI is InChI=1S/C33H36O7/c1-17(2)8-9-21-27-20(11-12-30(4,5)38-27)25(35)24-26(36)22-14-19-15-23-31(6,7)40-32(29(19)37,13-10-18(3)16-34)33(22,23)39-28(21)24/h8,10-12,14,16,19,23,35H,9,13,15H2,1-7H3/b18-10-/t19-,23+,32+,33-/m0/s1. The van der Waals surface area contributed by atoms with Crippen LogP contribution < -0.4 is 9.47 Å². The minimum absolute atomic E-state index is 0.0905. The Labute approximate surface area is 234 Å². The second kappa shape index (κ2) is 8.29. The second-order valence-corrected chi connectivity index (χ2v) is 13.1. The number of aromatic hydroxyl groups is 1. The number of ether oxygens (including phenoxy) is 3. The molecule has 1 N–H and O–H groups in total. The number of phenolic OH excluding ortho intramolecular Hbond substituents is 1. The summed E-state index contributed by atoms with van der Waals surface area (Å²) in [6.45, 7) is 13.4. The van der Waals surface area contributed by atoms with Crippen molar-refractivity contribution in [2.24, 2.45) is 11.8 Å². The number of aldehydes is 1. The number of Topliss-reactive ketones (excluding diaryl/α,β-unsaturated/α-hetero) is 2. The lowest BCUT2D eigenvalue weighted by atomic mass is 9.51. The number of hydrogen-bond donors (Lipinski definition) is 1. The molecule has 3 aliphatic carbocycles. The molecule has 1 saturated heterocycles. The summed E-state index contributed by atoms with van der Waals surface area (Å²) < 4.78 is 20.2. The van der Waals surface area contributed by atoms with Crippen molar-refractivity contribution in [2.75, 3.05) is 0 Å². The minimum atomic E-state index is -1.49. The maximum atomic E-state index is 14.5. The van der Waals surface area contributed by atoms with Crippen LogP contribution in [-0.4, -0.2) is 45.4 Å². The van der Waals surface area contributed by atoms with Gasteiger partial charge >= 0.3 is 0 Å². The summed E-state index contributed by atoms with van der Waals surface area (Å²) in [4.78, 5) is 40.1. The predicted octanol–water partition coefficient (Wildman–Crippen LogP) is 5.63. The zero-order valence-corrected chi connectivity index (χ0v) is 24.1. The molecule has 40 heavy (non-hydrogen) atoms. The van der Waals surface area contributed by atoms with E-state index >= 15 is 0 Å². The molecule has 7 nitrogen and oxygen atoms in total. The van der Waals surface area contributed by atoms with Crippen LogP contribution >= 0.6 is 0 Å². The van der Waals surface area contributed by atoms with Crippen LogP contribution in [0.25, 0.3) is 6.08 Å². The molecule has 4 bridgehead atoms. The number of phenols is 1. The van der Waals surface area contributed by atoms with Gasteiger partial charge in [0, 0.05) is 29.4 Å². The lowest BCUT2D eigenvalue weighted by molar-refractivity contribution is -0.171. The normalized spacial score (nSPS) is 31.9. The van der Waals surface area contributed by atoms with Crippen LogP contribution in [-0.2, 0) is 20.7 Å².